The molecule has 4 aromatic carbocycles. The number of allylic oxidation sites excluding steroid dienone is 5. The molecule has 7 rings (SSSR count). The molecule has 2 heterocycles. The monoisotopic (exact) mass is 713 g/mol. The minimum Gasteiger partial charge on any atom is -0.506 e. The molecular formula is C42H35F6N2O2+. The van der Waals surface area contributed by atoms with Crippen molar-refractivity contribution in [2.75, 3.05) is 4.90 Å². The van der Waals surface area contributed by atoms with Crippen LogP contribution in [0.25, 0.3) is 0 Å². The summed E-state index contributed by atoms with van der Waals surface area (Å²) in [6.45, 7) is 7.74. The molecule has 0 amide bonds. The highest BCUT2D eigenvalue weighted by Crippen LogP contribution is 2.51. The summed E-state index contributed by atoms with van der Waals surface area (Å²) in [5, 5.41) is 11.5. The van der Waals surface area contributed by atoms with Gasteiger partial charge in [-0.1, -0.05) is 74.5 Å². The van der Waals surface area contributed by atoms with Crippen molar-refractivity contribution >= 4 is 22.9 Å². The van der Waals surface area contributed by atoms with Gasteiger partial charge in [0.1, 0.15) is 5.76 Å². The topological polar surface area (TPSA) is 43.6 Å². The summed E-state index contributed by atoms with van der Waals surface area (Å²) in [7, 11) is 0. The number of fused-ring (bicyclic) bond motifs is 2. The van der Waals surface area contributed by atoms with Crippen LogP contribution in [0.15, 0.2) is 132 Å². The van der Waals surface area contributed by atoms with E-state index in [1.54, 1.807) is 39.8 Å². The van der Waals surface area contributed by atoms with Crippen LogP contribution in [-0.4, -0.2) is 21.2 Å². The third kappa shape index (κ3) is 5.84. The molecule has 2 aliphatic heterocycles. The van der Waals surface area contributed by atoms with Crippen molar-refractivity contribution in [1.29, 1.82) is 0 Å². The van der Waals surface area contributed by atoms with E-state index < -0.39 is 40.1 Å². The first-order chi connectivity index (χ1) is 24.4. The van der Waals surface area contributed by atoms with Crippen LogP contribution in [0.3, 0.4) is 0 Å². The van der Waals surface area contributed by atoms with Crippen LogP contribution in [-0.2, 0) is 41.1 Å². The SMILES string of the molecule is CC1(C)C(/C=C2/C(=O)C(/C=C3\N(Cc4ccccc4)c4ccc(C(F)(F)F)cc4C3(C)C)=C2O)=[N+](Cc2ccccc2)c2ccc(C(F)(F)F)cc21. The van der Waals surface area contributed by atoms with Gasteiger partial charge in [0.15, 0.2) is 12.3 Å². The van der Waals surface area contributed by atoms with Gasteiger partial charge in [0, 0.05) is 46.6 Å². The quantitative estimate of drug-likeness (QED) is 0.123. The van der Waals surface area contributed by atoms with E-state index >= 15 is 0 Å². The van der Waals surface area contributed by atoms with Crippen molar-refractivity contribution in [2.24, 2.45) is 0 Å². The van der Waals surface area contributed by atoms with Gasteiger partial charge in [0.25, 0.3) is 0 Å². The fraction of sp³-hybridized carbons (Fsp3) is 0.238. The number of nitrogens with zero attached hydrogens (tertiary/aromatic N) is 2. The van der Waals surface area contributed by atoms with Gasteiger partial charge in [-0.25, -0.2) is 0 Å². The minimum atomic E-state index is -4.56. The molecule has 0 radical (unpaired) electrons. The molecule has 4 aromatic rings. The zero-order chi connectivity index (χ0) is 37.4. The van der Waals surface area contributed by atoms with E-state index in [-0.39, 0.29) is 16.9 Å². The Morgan fingerprint density at radius 1 is 0.712 bits per heavy atom. The number of carbonyl (C=O) groups excluding carboxylic acids is 1. The molecule has 10 heteroatoms. The summed E-state index contributed by atoms with van der Waals surface area (Å²) >= 11 is 0. The molecule has 52 heavy (non-hydrogen) atoms. The first kappa shape index (κ1) is 35.0. The van der Waals surface area contributed by atoms with Crippen molar-refractivity contribution < 1.29 is 40.8 Å². The van der Waals surface area contributed by atoms with Gasteiger partial charge >= 0.3 is 12.4 Å². The van der Waals surface area contributed by atoms with E-state index in [1.807, 2.05) is 70.1 Å². The molecule has 4 nitrogen and oxygen atoms in total. The molecule has 1 aliphatic carbocycles. The predicted octanol–water partition coefficient (Wildman–Crippen LogP) is 10.5. The minimum absolute atomic E-state index is 0.000813. The summed E-state index contributed by atoms with van der Waals surface area (Å²) in [5.74, 6) is -0.780. The van der Waals surface area contributed by atoms with Crippen LogP contribution in [0.4, 0.5) is 37.7 Å². The Hall–Kier alpha value is -5.38. The molecule has 1 N–H and O–H groups in total. The third-order valence-electron chi connectivity index (χ3n) is 10.4. The number of Topliss-reactive ketones (excluding diaryl/α,β-unsaturated/α-hetero) is 1. The average molecular weight is 714 g/mol. The molecule has 0 fully saturated rings. The lowest BCUT2D eigenvalue weighted by molar-refractivity contribution is -0.455. The lowest BCUT2D eigenvalue weighted by Gasteiger charge is -2.29. The average Bonchev–Trinajstić information content (AvgIpc) is 3.43. The molecule has 266 valence electrons. The van der Waals surface area contributed by atoms with Gasteiger partial charge in [-0.2, -0.15) is 30.9 Å². The van der Waals surface area contributed by atoms with Gasteiger partial charge in [-0.3, -0.25) is 4.79 Å². The number of aliphatic hydroxyl groups is 1. The number of ketones is 1. The van der Waals surface area contributed by atoms with E-state index in [0.29, 0.717) is 47.0 Å². The second-order valence-corrected chi connectivity index (χ2v) is 14.4. The van der Waals surface area contributed by atoms with Gasteiger partial charge in [-0.05, 0) is 61.4 Å². The van der Waals surface area contributed by atoms with Gasteiger partial charge < -0.3 is 10.0 Å². The standard InChI is InChI=1S/C42H34F6N2O2/c1-39(2)31-19-27(41(43,44)45)15-17-33(31)49(23-25-11-7-5-8-12-25)35(39)21-29-37(51)30(38(29)52)22-36-40(3,4)32-20-28(42(46,47)48)16-18-34(32)50(36)24-26-13-9-6-10-14-26/h5-22H,23-24H2,1-4H3/p+1. The highest BCUT2D eigenvalue weighted by molar-refractivity contribution is 6.24. The predicted molar refractivity (Wildman–Crippen MR) is 187 cm³/mol. The van der Waals surface area contributed by atoms with E-state index in [9.17, 15) is 36.2 Å². The number of hydrogen-bond acceptors (Lipinski definition) is 3. The summed E-state index contributed by atoms with van der Waals surface area (Å²) in [6.07, 6.45) is -6.02. The van der Waals surface area contributed by atoms with Gasteiger partial charge in [-0.15, -0.1) is 0 Å². The number of halogens is 6. The van der Waals surface area contributed by atoms with Crippen molar-refractivity contribution in [3.8, 4) is 0 Å². The van der Waals surface area contributed by atoms with E-state index in [2.05, 4.69) is 0 Å². The third-order valence-corrected chi connectivity index (χ3v) is 10.4. The van der Waals surface area contributed by atoms with E-state index in [0.717, 1.165) is 35.4 Å². The van der Waals surface area contributed by atoms with Crippen LogP contribution in [0.2, 0.25) is 0 Å². The smallest absolute Gasteiger partial charge is 0.416 e. The molecular weight excluding hydrogens is 678 g/mol. The van der Waals surface area contributed by atoms with Crippen LogP contribution < -0.4 is 4.90 Å². The zero-order valence-electron chi connectivity index (χ0n) is 28.8. The van der Waals surface area contributed by atoms with Crippen molar-refractivity contribution in [1.82, 2.24) is 0 Å². The summed E-state index contributed by atoms with van der Waals surface area (Å²) < 4.78 is 84.8. The molecule has 0 atom stereocenters. The van der Waals surface area contributed by atoms with E-state index in [4.69, 9.17) is 0 Å². The highest BCUT2D eigenvalue weighted by Gasteiger charge is 2.49. The van der Waals surface area contributed by atoms with Crippen LogP contribution in [0, 0.1) is 0 Å². The number of benzene rings is 4. The lowest BCUT2D eigenvalue weighted by Crippen LogP contribution is -2.32. The molecule has 0 aromatic heterocycles. The Labute approximate surface area is 297 Å². The van der Waals surface area contributed by atoms with Gasteiger partial charge in [0.2, 0.25) is 11.5 Å². The first-order valence-electron chi connectivity index (χ1n) is 16.7. The largest absolute Gasteiger partial charge is 0.506 e. The fourth-order valence-corrected chi connectivity index (χ4v) is 7.48. The number of hydrogen-bond donors (Lipinski definition) is 1. The van der Waals surface area contributed by atoms with Crippen molar-refractivity contribution in [3.05, 3.63) is 165 Å². The van der Waals surface area contributed by atoms with Crippen LogP contribution in [0.5, 0.6) is 0 Å². The Morgan fingerprint density at radius 2 is 1.27 bits per heavy atom. The second kappa shape index (κ2) is 12.1. The first-order valence-corrected chi connectivity index (χ1v) is 16.7. The lowest BCUT2D eigenvalue weighted by atomic mass is 9.77. The number of carbonyl (C=O) groups is 1. The molecule has 3 aliphatic rings. The molecule has 0 saturated heterocycles. The molecule has 0 unspecified atom stereocenters. The Morgan fingerprint density at radius 3 is 1.85 bits per heavy atom. The Balaban J connectivity index is 1.34. The van der Waals surface area contributed by atoms with E-state index in [1.165, 1.54) is 12.1 Å². The van der Waals surface area contributed by atoms with Crippen molar-refractivity contribution in [3.63, 3.8) is 0 Å². The zero-order valence-corrected chi connectivity index (χ0v) is 28.8. The Kier molecular flexibility index (Phi) is 8.16. The number of rotatable bonds is 6. The number of aliphatic hydroxyl groups excluding tert-OH is 1. The van der Waals surface area contributed by atoms with Crippen LogP contribution in [0.1, 0.15) is 61.1 Å². The molecule has 0 spiro atoms. The fourth-order valence-electron chi connectivity index (χ4n) is 7.48. The van der Waals surface area contributed by atoms with Crippen LogP contribution >= 0.6 is 0 Å². The molecule has 0 bridgehead atoms. The Bertz CT molecular complexity index is 2240. The maximum atomic E-state index is 13.9. The normalized spacial score (nSPS) is 19.4. The second-order valence-electron chi connectivity index (χ2n) is 14.4. The summed E-state index contributed by atoms with van der Waals surface area (Å²) in [5.41, 5.74) is 1.30. The number of anilines is 1. The van der Waals surface area contributed by atoms with Crippen molar-refractivity contribution in [2.45, 2.75) is 64.0 Å². The summed E-state index contributed by atoms with van der Waals surface area (Å²) in [4.78, 5) is 15.8. The number of alkyl halides is 6. The molecule has 0 saturated carbocycles. The summed E-state index contributed by atoms with van der Waals surface area (Å²) in [6, 6.07) is 26.0. The van der Waals surface area contributed by atoms with Gasteiger partial charge in [0.05, 0.1) is 27.7 Å². The maximum absolute atomic E-state index is 13.9. The highest BCUT2D eigenvalue weighted by atomic mass is 19.4. The maximum Gasteiger partial charge on any atom is 0.416 e.